The highest BCUT2D eigenvalue weighted by Gasteiger charge is 2.32. The van der Waals surface area contributed by atoms with E-state index in [0.29, 0.717) is 5.75 Å². The van der Waals surface area contributed by atoms with Crippen LogP contribution in [0.3, 0.4) is 0 Å². The van der Waals surface area contributed by atoms with Gasteiger partial charge in [-0.15, -0.1) is 0 Å². The van der Waals surface area contributed by atoms with Gasteiger partial charge in [-0.1, -0.05) is 18.2 Å². The summed E-state index contributed by atoms with van der Waals surface area (Å²) in [4.78, 5) is 25.1. The number of aryl methyl sites for hydroxylation is 1. The Labute approximate surface area is 176 Å². The quantitative estimate of drug-likeness (QED) is 0.641. The van der Waals surface area contributed by atoms with Gasteiger partial charge in [-0.25, -0.2) is 13.2 Å². The molecular weight excluding hydrogens is 408 g/mol. The third kappa shape index (κ3) is 5.29. The lowest BCUT2D eigenvalue weighted by atomic mass is 10.1. The molecule has 2 aromatic carbocycles. The van der Waals surface area contributed by atoms with Gasteiger partial charge in [0.1, 0.15) is 11.8 Å². The van der Waals surface area contributed by atoms with Gasteiger partial charge in [-0.3, -0.25) is 9.10 Å². The summed E-state index contributed by atoms with van der Waals surface area (Å²) in [6, 6.07) is 10.3. The molecule has 0 aliphatic rings. The number of amides is 1. The van der Waals surface area contributed by atoms with Crippen molar-refractivity contribution in [2.75, 3.05) is 29.6 Å². The van der Waals surface area contributed by atoms with E-state index in [0.717, 1.165) is 16.1 Å². The lowest BCUT2D eigenvalue weighted by Gasteiger charge is -2.29. The van der Waals surface area contributed by atoms with Crippen LogP contribution in [0, 0.1) is 6.92 Å². The number of benzene rings is 2. The molecule has 0 aliphatic heterocycles. The molecule has 8 nitrogen and oxygen atoms in total. The molecule has 2 rings (SSSR count). The first kappa shape index (κ1) is 23.2. The van der Waals surface area contributed by atoms with Gasteiger partial charge in [0.15, 0.2) is 0 Å². The maximum Gasteiger partial charge on any atom is 0.340 e. The lowest BCUT2D eigenvalue weighted by Crippen LogP contribution is -2.45. The standard InChI is InChI=1S/C21H26N2O6S/c1-6-29-21(25)16-9-7-8-10-17(16)22-20(24)15(3)23(30(5,26)27)18-13-14(2)11-12-19(18)28-4/h7-13,15H,6H2,1-5H3,(H,22,24). The zero-order valence-electron chi connectivity index (χ0n) is 17.6. The van der Waals surface area contributed by atoms with Gasteiger partial charge in [-0.05, 0) is 50.6 Å². The Morgan fingerprint density at radius 2 is 1.83 bits per heavy atom. The van der Waals surface area contributed by atoms with E-state index in [9.17, 15) is 18.0 Å². The minimum Gasteiger partial charge on any atom is -0.495 e. The first-order valence-corrected chi connectivity index (χ1v) is 11.2. The van der Waals surface area contributed by atoms with Crippen LogP contribution >= 0.6 is 0 Å². The van der Waals surface area contributed by atoms with Crippen molar-refractivity contribution in [3.05, 3.63) is 53.6 Å². The Morgan fingerprint density at radius 3 is 2.43 bits per heavy atom. The minimum atomic E-state index is -3.84. The van der Waals surface area contributed by atoms with Crippen LogP contribution in [-0.2, 0) is 19.6 Å². The van der Waals surface area contributed by atoms with Crippen LogP contribution in [0.15, 0.2) is 42.5 Å². The molecule has 0 saturated heterocycles. The molecule has 0 heterocycles. The van der Waals surface area contributed by atoms with Crippen molar-refractivity contribution < 1.29 is 27.5 Å². The molecule has 1 atom stereocenters. The maximum atomic E-state index is 13.0. The van der Waals surface area contributed by atoms with E-state index >= 15 is 0 Å². The van der Waals surface area contributed by atoms with Crippen molar-refractivity contribution >= 4 is 33.3 Å². The Kier molecular flexibility index (Phi) is 7.44. The zero-order valence-corrected chi connectivity index (χ0v) is 18.4. The number of methoxy groups -OCH3 is 1. The fourth-order valence-electron chi connectivity index (χ4n) is 2.97. The first-order valence-electron chi connectivity index (χ1n) is 9.31. The number of hydrogen-bond acceptors (Lipinski definition) is 6. The first-order chi connectivity index (χ1) is 14.1. The van der Waals surface area contributed by atoms with Crippen molar-refractivity contribution in [3.8, 4) is 5.75 Å². The van der Waals surface area contributed by atoms with Gasteiger partial charge < -0.3 is 14.8 Å². The van der Waals surface area contributed by atoms with Gasteiger partial charge in [0, 0.05) is 0 Å². The van der Waals surface area contributed by atoms with Crippen molar-refractivity contribution in [1.29, 1.82) is 0 Å². The third-order valence-corrected chi connectivity index (χ3v) is 5.57. The minimum absolute atomic E-state index is 0.180. The van der Waals surface area contributed by atoms with Crippen LogP contribution in [0.25, 0.3) is 0 Å². The number of esters is 1. The highest BCUT2D eigenvalue weighted by molar-refractivity contribution is 7.92. The highest BCUT2D eigenvalue weighted by Crippen LogP contribution is 2.33. The van der Waals surface area contributed by atoms with E-state index in [-0.39, 0.29) is 23.5 Å². The molecule has 1 unspecified atom stereocenters. The molecule has 0 aliphatic carbocycles. The summed E-state index contributed by atoms with van der Waals surface area (Å²) < 4.78 is 36.5. The van der Waals surface area contributed by atoms with Gasteiger partial charge >= 0.3 is 5.97 Å². The van der Waals surface area contributed by atoms with Crippen LogP contribution in [-0.4, -0.2) is 46.3 Å². The fourth-order valence-corrected chi connectivity index (χ4v) is 4.14. The summed E-state index contributed by atoms with van der Waals surface area (Å²) in [5.74, 6) is -0.875. The maximum absolute atomic E-state index is 13.0. The van der Waals surface area contributed by atoms with Gasteiger partial charge in [0.25, 0.3) is 0 Å². The summed E-state index contributed by atoms with van der Waals surface area (Å²) in [7, 11) is -2.41. The number of hydrogen-bond donors (Lipinski definition) is 1. The SMILES string of the molecule is CCOC(=O)c1ccccc1NC(=O)C(C)N(c1cc(C)ccc1OC)S(C)(=O)=O. The molecule has 2 aromatic rings. The molecule has 0 saturated carbocycles. The number of sulfonamides is 1. The summed E-state index contributed by atoms with van der Waals surface area (Å²) in [5.41, 5.74) is 1.47. The van der Waals surface area contributed by atoms with Crippen molar-refractivity contribution in [3.63, 3.8) is 0 Å². The molecule has 1 amide bonds. The average Bonchev–Trinajstić information content (AvgIpc) is 2.67. The van der Waals surface area contributed by atoms with E-state index in [4.69, 9.17) is 9.47 Å². The predicted octanol–water partition coefficient (Wildman–Crippen LogP) is 2.97. The van der Waals surface area contributed by atoms with Crippen LogP contribution in [0.1, 0.15) is 29.8 Å². The summed E-state index contributed by atoms with van der Waals surface area (Å²) in [5, 5.41) is 2.64. The second-order valence-corrected chi connectivity index (χ2v) is 8.52. The molecule has 9 heteroatoms. The van der Waals surface area contributed by atoms with E-state index in [2.05, 4.69) is 5.32 Å². The number of rotatable bonds is 8. The Balaban J connectivity index is 2.42. The Bertz CT molecular complexity index is 1040. The molecule has 0 spiro atoms. The van der Waals surface area contributed by atoms with Crippen LogP contribution in [0.5, 0.6) is 5.75 Å². The lowest BCUT2D eigenvalue weighted by molar-refractivity contribution is -0.116. The van der Waals surface area contributed by atoms with Crippen LogP contribution in [0.4, 0.5) is 11.4 Å². The van der Waals surface area contributed by atoms with Gasteiger partial charge in [-0.2, -0.15) is 0 Å². The predicted molar refractivity (Wildman–Crippen MR) is 116 cm³/mol. The molecular formula is C21H26N2O6S. The smallest absolute Gasteiger partial charge is 0.340 e. The van der Waals surface area contributed by atoms with Crippen LogP contribution < -0.4 is 14.4 Å². The number of carbonyl (C=O) groups is 2. The van der Waals surface area contributed by atoms with Gasteiger partial charge in [0.2, 0.25) is 15.9 Å². The molecule has 0 aromatic heterocycles. The van der Waals surface area contributed by atoms with Crippen molar-refractivity contribution in [2.24, 2.45) is 0 Å². The molecule has 0 radical (unpaired) electrons. The molecule has 1 N–H and O–H groups in total. The van der Waals surface area contributed by atoms with Crippen molar-refractivity contribution in [2.45, 2.75) is 26.8 Å². The second kappa shape index (κ2) is 9.62. The Morgan fingerprint density at radius 1 is 1.17 bits per heavy atom. The monoisotopic (exact) mass is 434 g/mol. The van der Waals surface area contributed by atoms with E-state index in [1.54, 1.807) is 43.3 Å². The largest absolute Gasteiger partial charge is 0.495 e. The average molecular weight is 435 g/mol. The third-order valence-electron chi connectivity index (χ3n) is 4.34. The highest BCUT2D eigenvalue weighted by atomic mass is 32.2. The van der Waals surface area contributed by atoms with E-state index in [1.165, 1.54) is 20.1 Å². The number of nitrogens with zero attached hydrogens (tertiary/aromatic N) is 1. The number of carbonyl (C=O) groups excluding carboxylic acids is 2. The number of para-hydroxylation sites is 1. The normalized spacial score (nSPS) is 12.0. The van der Waals surface area contributed by atoms with Crippen LogP contribution in [0.2, 0.25) is 0 Å². The topological polar surface area (TPSA) is 102 Å². The molecule has 0 bridgehead atoms. The van der Waals surface area contributed by atoms with E-state index < -0.39 is 27.9 Å². The number of nitrogens with one attached hydrogen (secondary N) is 1. The number of anilines is 2. The molecule has 0 fully saturated rings. The van der Waals surface area contributed by atoms with Gasteiger partial charge in [0.05, 0.1) is 36.9 Å². The van der Waals surface area contributed by atoms with Crippen molar-refractivity contribution in [1.82, 2.24) is 0 Å². The zero-order chi connectivity index (χ0) is 22.5. The summed E-state index contributed by atoms with van der Waals surface area (Å²) in [6.07, 6.45) is 1.02. The molecule has 162 valence electrons. The Hall–Kier alpha value is -3.07. The van der Waals surface area contributed by atoms with E-state index in [1.807, 2.05) is 6.92 Å². The number of ether oxygens (including phenoxy) is 2. The fraction of sp³-hybridized carbons (Fsp3) is 0.333. The summed E-state index contributed by atoms with van der Waals surface area (Å²) in [6.45, 7) is 5.14. The summed E-state index contributed by atoms with van der Waals surface area (Å²) >= 11 is 0. The molecule has 30 heavy (non-hydrogen) atoms. The second-order valence-electron chi connectivity index (χ2n) is 6.67.